The third-order valence-electron chi connectivity index (χ3n) is 1.89. The van der Waals surface area contributed by atoms with E-state index < -0.39 is 0 Å². The van der Waals surface area contributed by atoms with E-state index >= 15 is 0 Å². The van der Waals surface area contributed by atoms with Crippen molar-refractivity contribution in [3.8, 4) is 0 Å². The first kappa shape index (κ1) is 5.86. The van der Waals surface area contributed by atoms with E-state index in [2.05, 4.69) is 16.4 Å². The number of aromatic nitrogens is 1. The van der Waals surface area contributed by atoms with Crippen molar-refractivity contribution < 1.29 is 0 Å². The Morgan fingerprint density at radius 1 is 1.40 bits per heavy atom. The Hall–Kier alpha value is -0.890. The molecule has 0 radical (unpaired) electrons. The maximum atomic E-state index is 4.26. The second kappa shape index (κ2) is 2.39. The molecule has 1 aliphatic rings. The molecule has 1 aromatic heterocycles. The fraction of sp³-hybridized carbons (Fsp3) is 0.375. The number of nitrogens with one attached hydrogen (secondary N) is 1. The zero-order chi connectivity index (χ0) is 6.81. The molecule has 1 aliphatic heterocycles. The molecule has 2 nitrogen and oxygen atoms in total. The predicted molar refractivity (Wildman–Crippen MR) is 39.8 cm³/mol. The van der Waals surface area contributed by atoms with Crippen LogP contribution < -0.4 is 5.32 Å². The summed E-state index contributed by atoms with van der Waals surface area (Å²) in [5.74, 6) is 0.668. The van der Waals surface area contributed by atoms with E-state index in [1.165, 1.54) is 5.69 Å². The van der Waals surface area contributed by atoms with Crippen LogP contribution in [0.4, 0.5) is 0 Å². The van der Waals surface area contributed by atoms with Gasteiger partial charge in [-0.1, -0.05) is 6.07 Å². The number of nitrogens with zero attached hydrogens (tertiary/aromatic N) is 1. The highest BCUT2D eigenvalue weighted by atomic mass is 15.0. The third-order valence-corrected chi connectivity index (χ3v) is 1.89. The summed E-state index contributed by atoms with van der Waals surface area (Å²) in [6.45, 7) is 2.19. The van der Waals surface area contributed by atoms with Gasteiger partial charge in [0.05, 0.1) is 0 Å². The number of pyridine rings is 1. The first-order chi connectivity index (χ1) is 4.97. The van der Waals surface area contributed by atoms with Gasteiger partial charge in [0.1, 0.15) is 0 Å². The Balaban J connectivity index is 2.18. The van der Waals surface area contributed by atoms with Crippen LogP contribution >= 0.6 is 0 Å². The number of rotatable bonds is 1. The van der Waals surface area contributed by atoms with Gasteiger partial charge in [-0.05, 0) is 12.1 Å². The van der Waals surface area contributed by atoms with Crippen molar-refractivity contribution in [2.75, 3.05) is 13.1 Å². The summed E-state index contributed by atoms with van der Waals surface area (Å²) < 4.78 is 0. The molecule has 0 spiro atoms. The molecule has 0 aromatic carbocycles. The second-order valence-electron chi connectivity index (χ2n) is 2.61. The van der Waals surface area contributed by atoms with E-state index in [0.717, 1.165) is 13.1 Å². The summed E-state index contributed by atoms with van der Waals surface area (Å²) in [5.41, 5.74) is 1.22. The van der Waals surface area contributed by atoms with Crippen molar-refractivity contribution in [1.82, 2.24) is 10.3 Å². The van der Waals surface area contributed by atoms with Gasteiger partial charge in [-0.2, -0.15) is 0 Å². The van der Waals surface area contributed by atoms with Gasteiger partial charge in [-0.3, -0.25) is 4.98 Å². The van der Waals surface area contributed by atoms with Crippen molar-refractivity contribution in [3.63, 3.8) is 0 Å². The van der Waals surface area contributed by atoms with E-state index in [0.29, 0.717) is 5.92 Å². The van der Waals surface area contributed by atoms with Crippen molar-refractivity contribution >= 4 is 0 Å². The molecule has 0 atom stereocenters. The molecule has 1 saturated heterocycles. The number of hydrogen-bond acceptors (Lipinski definition) is 2. The molecule has 10 heavy (non-hydrogen) atoms. The molecule has 1 fully saturated rings. The minimum Gasteiger partial charge on any atom is -0.315 e. The van der Waals surface area contributed by atoms with Crippen LogP contribution in [0.3, 0.4) is 0 Å². The molecule has 0 bridgehead atoms. The quantitative estimate of drug-likeness (QED) is 0.613. The molecule has 2 heteroatoms. The Bertz CT molecular complexity index is 204. The lowest BCUT2D eigenvalue weighted by atomic mass is 9.99. The lowest BCUT2D eigenvalue weighted by Crippen LogP contribution is -2.40. The molecule has 2 rings (SSSR count). The highest BCUT2D eigenvalue weighted by Crippen LogP contribution is 2.15. The smallest absolute Gasteiger partial charge is 0.0459 e. The largest absolute Gasteiger partial charge is 0.315 e. The minimum atomic E-state index is 0.668. The van der Waals surface area contributed by atoms with Crippen LogP contribution in [0.5, 0.6) is 0 Å². The van der Waals surface area contributed by atoms with Gasteiger partial charge < -0.3 is 5.32 Å². The maximum Gasteiger partial charge on any atom is 0.0459 e. The highest BCUT2D eigenvalue weighted by Gasteiger charge is 2.18. The van der Waals surface area contributed by atoms with Crippen molar-refractivity contribution in [3.05, 3.63) is 30.1 Å². The molecular formula is C8H10N2. The second-order valence-corrected chi connectivity index (χ2v) is 2.61. The van der Waals surface area contributed by atoms with Gasteiger partial charge in [0, 0.05) is 30.9 Å². The highest BCUT2D eigenvalue weighted by molar-refractivity contribution is 5.13. The van der Waals surface area contributed by atoms with Crippen molar-refractivity contribution in [2.45, 2.75) is 5.92 Å². The summed E-state index contributed by atoms with van der Waals surface area (Å²) in [5, 5.41) is 3.22. The standard InChI is InChI=1S/C8H10N2/c1-2-4-10-8(3-1)7-5-9-6-7/h1-4,7,9H,5-6H2. The summed E-state index contributed by atoms with van der Waals surface area (Å²) in [4.78, 5) is 4.26. The van der Waals surface area contributed by atoms with Gasteiger partial charge in [0.2, 0.25) is 0 Å². The Labute approximate surface area is 60.3 Å². The minimum absolute atomic E-state index is 0.668. The summed E-state index contributed by atoms with van der Waals surface area (Å²) in [6, 6.07) is 6.09. The Morgan fingerprint density at radius 3 is 2.80 bits per heavy atom. The topological polar surface area (TPSA) is 24.9 Å². The lowest BCUT2D eigenvalue weighted by Gasteiger charge is -2.26. The van der Waals surface area contributed by atoms with Gasteiger partial charge >= 0.3 is 0 Å². The van der Waals surface area contributed by atoms with Gasteiger partial charge in [-0.25, -0.2) is 0 Å². The zero-order valence-corrected chi connectivity index (χ0v) is 5.75. The van der Waals surface area contributed by atoms with Gasteiger partial charge in [0.25, 0.3) is 0 Å². The van der Waals surface area contributed by atoms with E-state index in [9.17, 15) is 0 Å². The van der Waals surface area contributed by atoms with Crippen LogP contribution in [0.1, 0.15) is 11.6 Å². The van der Waals surface area contributed by atoms with Crippen LogP contribution in [0.25, 0.3) is 0 Å². The molecule has 1 N–H and O–H groups in total. The summed E-state index contributed by atoms with van der Waals surface area (Å²) in [6.07, 6.45) is 1.85. The maximum absolute atomic E-state index is 4.26. The first-order valence-corrected chi connectivity index (χ1v) is 3.58. The fourth-order valence-corrected chi connectivity index (χ4v) is 1.12. The molecule has 0 saturated carbocycles. The molecule has 0 unspecified atom stereocenters. The molecule has 52 valence electrons. The fourth-order valence-electron chi connectivity index (χ4n) is 1.12. The zero-order valence-electron chi connectivity index (χ0n) is 5.75. The normalized spacial score (nSPS) is 18.4. The number of hydrogen-bond donors (Lipinski definition) is 1. The third kappa shape index (κ3) is 0.907. The Kier molecular flexibility index (Phi) is 1.40. The van der Waals surface area contributed by atoms with Crippen LogP contribution in [0, 0.1) is 0 Å². The molecule has 1 aromatic rings. The van der Waals surface area contributed by atoms with Crippen LogP contribution in [-0.2, 0) is 0 Å². The average molecular weight is 134 g/mol. The monoisotopic (exact) mass is 134 g/mol. The summed E-state index contributed by atoms with van der Waals surface area (Å²) >= 11 is 0. The van der Waals surface area contributed by atoms with E-state index in [4.69, 9.17) is 0 Å². The lowest BCUT2D eigenvalue weighted by molar-refractivity contribution is 0.440. The first-order valence-electron chi connectivity index (χ1n) is 3.58. The van der Waals surface area contributed by atoms with E-state index in [-0.39, 0.29) is 0 Å². The van der Waals surface area contributed by atoms with Crippen molar-refractivity contribution in [2.24, 2.45) is 0 Å². The van der Waals surface area contributed by atoms with Gasteiger partial charge in [-0.15, -0.1) is 0 Å². The van der Waals surface area contributed by atoms with Gasteiger partial charge in [0.15, 0.2) is 0 Å². The average Bonchev–Trinajstić information content (AvgIpc) is 1.86. The molecule has 0 amide bonds. The van der Waals surface area contributed by atoms with E-state index in [1.807, 2.05) is 18.3 Å². The molecule has 2 heterocycles. The van der Waals surface area contributed by atoms with Crippen LogP contribution in [0.2, 0.25) is 0 Å². The predicted octanol–water partition coefficient (Wildman–Crippen LogP) is 0.768. The van der Waals surface area contributed by atoms with Crippen LogP contribution in [0.15, 0.2) is 24.4 Å². The summed E-state index contributed by atoms with van der Waals surface area (Å²) in [7, 11) is 0. The Morgan fingerprint density at radius 2 is 2.30 bits per heavy atom. The van der Waals surface area contributed by atoms with Crippen molar-refractivity contribution in [1.29, 1.82) is 0 Å². The molecular weight excluding hydrogens is 124 g/mol. The van der Waals surface area contributed by atoms with E-state index in [1.54, 1.807) is 0 Å². The SMILES string of the molecule is c1ccc(C2CNC2)nc1. The molecule has 0 aliphatic carbocycles. The van der Waals surface area contributed by atoms with Crippen LogP contribution in [-0.4, -0.2) is 18.1 Å².